The van der Waals surface area contributed by atoms with Crippen molar-refractivity contribution in [3.05, 3.63) is 23.8 Å². The van der Waals surface area contributed by atoms with Gasteiger partial charge in [-0.3, -0.25) is 4.90 Å². The van der Waals surface area contributed by atoms with Crippen LogP contribution < -0.4 is 5.73 Å². The lowest BCUT2D eigenvalue weighted by Gasteiger charge is -2.27. The minimum Gasteiger partial charge on any atom is -0.392 e. The maximum atomic E-state index is 13.8. The number of alkyl halides is 2. The van der Waals surface area contributed by atoms with Crippen LogP contribution in [0.5, 0.6) is 0 Å². The Hall–Kier alpha value is -1.96. The number of rotatable bonds is 4. The van der Waals surface area contributed by atoms with Gasteiger partial charge in [0.05, 0.1) is 30.8 Å². The maximum Gasteiger partial charge on any atom is 0.251 e. The van der Waals surface area contributed by atoms with Crippen LogP contribution in [0.25, 0.3) is 5.52 Å². The second kappa shape index (κ2) is 9.67. The lowest BCUT2D eigenvalue weighted by Crippen LogP contribution is -2.41. The van der Waals surface area contributed by atoms with Gasteiger partial charge in [0.2, 0.25) is 16.0 Å². The van der Waals surface area contributed by atoms with Crippen LogP contribution in [0.2, 0.25) is 0 Å². The Morgan fingerprint density at radius 1 is 1.29 bits per heavy atom. The third-order valence-corrected chi connectivity index (χ3v) is 6.70. The summed E-state index contributed by atoms with van der Waals surface area (Å²) in [6.07, 6.45) is 1.84. The molecule has 4 heterocycles. The predicted molar refractivity (Wildman–Crippen MR) is 109 cm³/mol. The summed E-state index contributed by atoms with van der Waals surface area (Å²) in [5.41, 5.74) is 6.43. The number of β-amino-alcohol motifs (C(OH)–C–C–N with tert-alkyl or cyclic N) is 1. The first-order valence-corrected chi connectivity index (χ1v) is 11.8. The second-order valence-electron chi connectivity index (χ2n) is 7.88. The van der Waals surface area contributed by atoms with Crippen molar-refractivity contribution in [3.63, 3.8) is 0 Å². The lowest BCUT2D eigenvalue weighted by atomic mass is 10.1. The van der Waals surface area contributed by atoms with Crippen molar-refractivity contribution >= 4 is 21.5 Å². The fraction of sp³-hybridized carbons (Fsp3) is 0.667. The van der Waals surface area contributed by atoms with Gasteiger partial charge in [-0.15, -0.1) is 5.10 Å². The normalized spacial score (nSPS) is 23.3. The van der Waals surface area contributed by atoms with Crippen LogP contribution in [0.3, 0.4) is 0 Å². The van der Waals surface area contributed by atoms with E-state index in [0.717, 1.165) is 6.42 Å². The van der Waals surface area contributed by atoms with E-state index in [1.165, 1.54) is 27.3 Å². The number of likely N-dealkylation sites (tertiary alicyclic amines) is 1. The number of piperidine rings is 1. The molecule has 2 saturated heterocycles. The monoisotopic (exact) mass is 464 g/mol. The van der Waals surface area contributed by atoms with Crippen LogP contribution in [-0.2, 0) is 10.0 Å². The molecular formula is C18H27F3N6O3S. The van der Waals surface area contributed by atoms with Gasteiger partial charge in [0.1, 0.15) is 5.52 Å². The van der Waals surface area contributed by atoms with Gasteiger partial charge >= 0.3 is 0 Å². The second-order valence-corrected chi connectivity index (χ2v) is 9.87. The predicted octanol–water partition coefficient (Wildman–Crippen LogP) is 0.908. The van der Waals surface area contributed by atoms with Crippen LogP contribution in [0.1, 0.15) is 30.9 Å². The molecule has 0 amide bonds. The largest absolute Gasteiger partial charge is 0.392 e. The summed E-state index contributed by atoms with van der Waals surface area (Å²) in [5, 5.41) is 13.1. The van der Waals surface area contributed by atoms with Gasteiger partial charge in [0.25, 0.3) is 6.43 Å². The molecule has 2 aliphatic heterocycles. The SMILES string of the molecule is CS(=O)(=O)N1CCCC(O)C1.Nc1ncc2c(F)cc(C3CCN(CC(F)F)C3)n2n1. The molecule has 2 atom stereocenters. The zero-order chi connectivity index (χ0) is 22.8. The van der Waals surface area contributed by atoms with Crippen molar-refractivity contribution in [2.45, 2.75) is 37.7 Å². The number of sulfonamides is 1. The molecule has 0 saturated carbocycles. The molecule has 2 aromatic rings. The minimum absolute atomic E-state index is 0.0277. The summed E-state index contributed by atoms with van der Waals surface area (Å²) in [4.78, 5) is 5.44. The van der Waals surface area contributed by atoms with Crippen molar-refractivity contribution in [2.75, 3.05) is 44.7 Å². The number of aliphatic hydroxyl groups excluding tert-OH is 1. The van der Waals surface area contributed by atoms with E-state index in [9.17, 15) is 21.6 Å². The molecule has 2 unspecified atom stereocenters. The molecule has 2 fully saturated rings. The van der Waals surface area contributed by atoms with E-state index in [4.69, 9.17) is 10.8 Å². The Kier molecular flexibility index (Phi) is 7.39. The molecule has 2 aromatic heterocycles. The number of nitrogens with zero attached hydrogens (tertiary/aromatic N) is 5. The van der Waals surface area contributed by atoms with Gasteiger partial charge in [0, 0.05) is 25.6 Å². The number of halogens is 3. The molecule has 0 aromatic carbocycles. The molecule has 9 nitrogen and oxygen atoms in total. The zero-order valence-electron chi connectivity index (χ0n) is 17.2. The summed E-state index contributed by atoms with van der Waals surface area (Å²) in [7, 11) is -3.09. The lowest BCUT2D eigenvalue weighted by molar-refractivity contribution is 0.0990. The topological polar surface area (TPSA) is 117 Å². The molecule has 0 bridgehead atoms. The number of hydrogen-bond donors (Lipinski definition) is 2. The Morgan fingerprint density at radius 2 is 2.03 bits per heavy atom. The quantitative estimate of drug-likeness (QED) is 0.691. The third kappa shape index (κ3) is 6.05. The molecule has 174 valence electrons. The van der Waals surface area contributed by atoms with Crippen molar-refractivity contribution in [1.29, 1.82) is 0 Å². The first kappa shape index (κ1) is 23.7. The number of aliphatic hydroxyl groups is 1. The van der Waals surface area contributed by atoms with Gasteiger partial charge in [-0.2, -0.15) is 4.31 Å². The summed E-state index contributed by atoms with van der Waals surface area (Å²) < 4.78 is 63.2. The average Bonchev–Trinajstić information content (AvgIpc) is 3.25. The molecule has 0 spiro atoms. The van der Waals surface area contributed by atoms with Gasteiger partial charge in [-0.1, -0.05) is 0 Å². The first-order chi connectivity index (χ1) is 14.5. The molecular weight excluding hydrogens is 437 g/mol. The Labute approximate surface area is 178 Å². The number of anilines is 1. The number of fused-ring (bicyclic) bond motifs is 1. The molecule has 0 radical (unpaired) electrons. The molecule has 13 heteroatoms. The van der Waals surface area contributed by atoms with Crippen LogP contribution >= 0.6 is 0 Å². The number of aromatic nitrogens is 3. The van der Waals surface area contributed by atoms with E-state index >= 15 is 0 Å². The molecule has 3 N–H and O–H groups in total. The maximum absolute atomic E-state index is 13.8. The molecule has 0 aliphatic carbocycles. The summed E-state index contributed by atoms with van der Waals surface area (Å²) in [6.45, 7) is 1.61. The smallest absolute Gasteiger partial charge is 0.251 e. The van der Waals surface area contributed by atoms with E-state index < -0.39 is 28.4 Å². The fourth-order valence-electron chi connectivity index (χ4n) is 3.94. The minimum atomic E-state index is -3.09. The summed E-state index contributed by atoms with van der Waals surface area (Å²) in [6, 6.07) is 1.39. The molecule has 31 heavy (non-hydrogen) atoms. The highest BCUT2D eigenvalue weighted by molar-refractivity contribution is 7.88. The fourth-order valence-corrected chi connectivity index (χ4v) is 4.84. The van der Waals surface area contributed by atoms with Crippen LogP contribution in [0, 0.1) is 5.82 Å². The first-order valence-electron chi connectivity index (χ1n) is 9.98. The van der Waals surface area contributed by atoms with Crippen molar-refractivity contribution < 1.29 is 26.7 Å². The van der Waals surface area contributed by atoms with Gasteiger partial charge in [0.15, 0.2) is 5.82 Å². The van der Waals surface area contributed by atoms with E-state index in [1.807, 2.05) is 0 Å². The van der Waals surface area contributed by atoms with Crippen molar-refractivity contribution in [2.24, 2.45) is 0 Å². The highest BCUT2D eigenvalue weighted by Crippen LogP contribution is 2.30. The third-order valence-electron chi connectivity index (χ3n) is 5.43. The van der Waals surface area contributed by atoms with Crippen LogP contribution in [-0.4, -0.2) is 88.8 Å². The van der Waals surface area contributed by atoms with E-state index in [0.29, 0.717) is 38.2 Å². The van der Waals surface area contributed by atoms with Crippen LogP contribution in [0.4, 0.5) is 19.1 Å². The van der Waals surface area contributed by atoms with Crippen molar-refractivity contribution in [1.82, 2.24) is 23.8 Å². The van der Waals surface area contributed by atoms with E-state index in [-0.39, 0.29) is 30.5 Å². The molecule has 4 rings (SSSR count). The van der Waals surface area contributed by atoms with E-state index in [2.05, 4.69) is 10.1 Å². The zero-order valence-corrected chi connectivity index (χ0v) is 18.0. The number of hydrogen-bond acceptors (Lipinski definition) is 7. The standard InChI is InChI=1S/C12H14F3N5.C6H13NO3S/c13-8-3-9(20-10(8)4-17-12(16)18-20)7-1-2-19(5-7)6-11(14)15;1-11(9,10)7-4-2-3-6(8)5-7/h3-4,7,11H,1-2,5-6H2,(H2,16,18);6,8H,2-5H2,1H3. The highest BCUT2D eigenvalue weighted by atomic mass is 32.2. The Bertz CT molecular complexity index is 1000. The van der Waals surface area contributed by atoms with E-state index in [1.54, 1.807) is 4.90 Å². The van der Waals surface area contributed by atoms with Crippen molar-refractivity contribution in [3.8, 4) is 0 Å². The number of nitrogen functional groups attached to an aromatic ring is 1. The molecule has 2 aliphatic rings. The number of nitrogens with two attached hydrogens (primary N) is 1. The average molecular weight is 465 g/mol. The van der Waals surface area contributed by atoms with Gasteiger partial charge in [-0.25, -0.2) is 31.1 Å². The highest BCUT2D eigenvalue weighted by Gasteiger charge is 2.29. The van der Waals surface area contributed by atoms with Gasteiger partial charge in [-0.05, 0) is 31.9 Å². The van der Waals surface area contributed by atoms with Crippen LogP contribution in [0.15, 0.2) is 12.3 Å². The summed E-state index contributed by atoms with van der Waals surface area (Å²) >= 11 is 0. The summed E-state index contributed by atoms with van der Waals surface area (Å²) in [5.74, 6) is -0.399. The Morgan fingerprint density at radius 3 is 2.65 bits per heavy atom. The van der Waals surface area contributed by atoms with Gasteiger partial charge < -0.3 is 10.8 Å². The Balaban J connectivity index is 0.000000210.